The summed E-state index contributed by atoms with van der Waals surface area (Å²) >= 11 is 13.6. The molecule has 1 aromatic heterocycles. The molecule has 2 aromatic rings. The van der Waals surface area contributed by atoms with Gasteiger partial charge in [0.2, 0.25) is 5.91 Å². The Morgan fingerprint density at radius 1 is 1.29 bits per heavy atom. The van der Waals surface area contributed by atoms with Crippen molar-refractivity contribution >= 4 is 45.6 Å². The lowest BCUT2D eigenvalue weighted by molar-refractivity contribution is -0.116. The normalized spacial score (nSPS) is 14.9. The third kappa shape index (κ3) is 4.95. The minimum absolute atomic E-state index is 0.0623. The van der Waals surface area contributed by atoms with E-state index in [1.807, 2.05) is 12.1 Å². The second-order valence-electron chi connectivity index (χ2n) is 6.28. The summed E-state index contributed by atoms with van der Waals surface area (Å²) in [4.78, 5) is 17.4. The topological polar surface area (TPSA) is 42.0 Å². The minimum Gasteiger partial charge on any atom is -0.302 e. The number of carbonyl (C=O) groups is 1. The van der Waals surface area contributed by atoms with Crippen LogP contribution in [0, 0.1) is 5.92 Å². The Balaban J connectivity index is 1.52. The van der Waals surface area contributed by atoms with Gasteiger partial charge in [-0.2, -0.15) is 0 Å². The third-order valence-corrected chi connectivity index (χ3v) is 5.93. The summed E-state index contributed by atoms with van der Waals surface area (Å²) in [6.07, 6.45) is 9.23. The molecule has 3 nitrogen and oxygen atoms in total. The molecule has 1 N–H and O–H groups in total. The summed E-state index contributed by atoms with van der Waals surface area (Å²) < 4.78 is 0. The molecule has 128 valence electrons. The fourth-order valence-electron chi connectivity index (χ4n) is 3.12. The van der Waals surface area contributed by atoms with Crippen molar-refractivity contribution in [2.24, 2.45) is 5.92 Å². The quantitative estimate of drug-likeness (QED) is 0.670. The van der Waals surface area contributed by atoms with E-state index in [0.717, 1.165) is 22.8 Å². The first-order valence-corrected chi connectivity index (χ1v) is 9.86. The van der Waals surface area contributed by atoms with Gasteiger partial charge in [0.1, 0.15) is 0 Å². The lowest BCUT2D eigenvalue weighted by Crippen LogP contribution is -2.12. The number of amides is 1. The number of hydrogen-bond donors (Lipinski definition) is 1. The molecule has 1 aliphatic rings. The van der Waals surface area contributed by atoms with Gasteiger partial charge in [0.15, 0.2) is 5.13 Å². The summed E-state index contributed by atoms with van der Waals surface area (Å²) in [5.74, 6) is 0.793. The van der Waals surface area contributed by atoms with Gasteiger partial charge in [0, 0.05) is 34.0 Å². The second kappa shape index (κ2) is 8.32. The Kier molecular flexibility index (Phi) is 6.14. The number of benzene rings is 1. The molecule has 3 rings (SSSR count). The smallest absolute Gasteiger partial charge is 0.226 e. The van der Waals surface area contributed by atoms with Crippen LogP contribution in [0.1, 0.15) is 49.0 Å². The molecule has 0 radical (unpaired) electrons. The van der Waals surface area contributed by atoms with Gasteiger partial charge in [-0.25, -0.2) is 4.98 Å². The molecule has 0 atom stereocenters. The first-order valence-electron chi connectivity index (χ1n) is 8.28. The fraction of sp³-hybridized carbons (Fsp3) is 0.444. The number of thiazole rings is 1. The van der Waals surface area contributed by atoms with Crippen molar-refractivity contribution in [3.05, 3.63) is 44.9 Å². The highest BCUT2D eigenvalue weighted by Gasteiger charge is 2.16. The maximum atomic E-state index is 12.0. The highest BCUT2D eigenvalue weighted by atomic mass is 35.5. The van der Waals surface area contributed by atoms with Crippen molar-refractivity contribution in [3.8, 4) is 0 Å². The number of rotatable bonds is 6. The SMILES string of the molecule is O=C(CCC1CCCC1)Nc1ncc(Cc2ccc(Cl)cc2Cl)s1. The summed E-state index contributed by atoms with van der Waals surface area (Å²) in [7, 11) is 0. The maximum Gasteiger partial charge on any atom is 0.226 e. The van der Waals surface area contributed by atoms with Crippen molar-refractivity contribution < 1.29 is 4.79 Å². The summed E-state index contributed by atoms with van der Waals surface area (Å²) in [6, 6.07) is 5.49. The van der Waals surface area contributed by atoms with Crippen LogP contribution in [0.5, 0.6) is 0 Å². The second-order valence-corrected chi connectivity index (χ2v) is 8.24. The molecular formula is C18H20Cl2N2OS. The highest BCUT2D eigenvalue weighted by molar-refractivity contribution is 7.15. The van der Waals surface area contributed by atoms with Crippen LogP contribution in [-0.2, 0) is 11.2 Å². The van der Waals surface area contributed by atoms with Crippen molar-refractivity contribution in [3.63, 3.8) is 0 Å². The molecule has 1 aromatic carbocycles. The zero-order valence-electron chi connectivity index (χ0n) is 13.4. The van der Waals surface area contributed by atoms with E-state index in [9.17, 15) is 4.79 Å². The van der Waals surface area contributed by atoms with Gasteiger partial charge < -0.3 is 5.32 Å². The number of carbonyl (C=O) groups excluding carboxylic acids is 1. The molecule has 1 heterocycles. The number of nitrogens with one attached hydrogen (secondary N) is 1. The first-order chi connectivity index (χ1) is 11.6. The monoisotopic (exact) mass is 382 g/mol. The zero-order valence-corrected chi connectivity index (χ0v) is 15.7. The van der Waals surface area contributed by atoms with Crippen LogP contribution in [0.2, 0.25) is 10.0 Å². The van der Waals surface area contributed by atoms with E-state index in [-0.39, 0.29) is 5.91 Å². The van der Waals surface area contributed by atoms with Crippen molar-refractivity contribution in [1.82, 2.24) is 4.98 Å². The standard InChI is InChI=1S/C18H20Cl2N2OS/c19-14-7-6-13(16(20)10-14)9-15-11-21-18(24-15)22-17(23)8-5-12-3-1-2-4-12/h6-7,10-12H,1-5,8-9H2,(H,21,22,23). The van der Waals surface area contributed by atoms with E-state index in [2.05, 4.69) is 10.3 Å². The van der Waals surface area contributed by atoms with Crippen LogP contribution >= 0.6 is 34.5 Å². The Labute approximate surface area is 156 Å². The van der Waals surface area contributed by atoms with E-state index < -0.39 is 0 Å². The molecule has 1 saturated carbocycles. The van der Waals surface area contributed by atoms with E-state index >= 15 is 0 Å². The van der Waals surface area contributed by atoms with Gasteiger partial charge in [-0.1, -0.05) is 55.0 Å². The Bertz CT molecular complexity index is 711. The number of aromatic nitrogens is 1. The average molecular weight is 383 g/mol. The van der Waals surface area contributed by atoms with E-state index in [4.69, 9.17) is 23.2 Å². The van der Waals surface area contributed by atoms with Crippen LogP contribution in [0.3, 0.4) is 0 Å². The van der Waals surface area contributed by atoms with Crippen molar-refractivity contribution in [1.29, 1.82) is 0 Å². The predicted octanol–water partition coefficient (Wildman–Crippen LogP) is 5.95. The first kappa shape index (κ1) is 17.7. The highest BCUT2D eigenvalue weighted by Crippen LogP contribution is 2.29. The Morgan fingerprint density at radius 3 is 2.83 bits per heavy atom. The van der Waals surface area contributed by atoms with Gasteiger partial charge in [-0.3, -0.25) is 4.79 Å². The van der Waals surface area contributed by atoms with E-state index in [1.165, 1.54) is 37.0 Å². The van der Waals surface area contributed by atoms with Gasteiger partial charge in [0.05, 0.1) is 0 Å². The lowest BCUT2D eigenvalue weighted by atomic mass is 10.0. The Morgan fingerprint density at radius 2 is 2.08 bits per heavy atom. The molecule has 1 aliphatic carbocycles. The molecule has 0 unspecified atom stereocenters. The van der Waals surface area contributed by atoms with Gasteiger partial charge >= 0.3 is 0 Å². The molecule has 0 saturated heterocycles. The molecule has 6 heteroatoms. The van der Waals surface area contributed by atoms with Crippen LogP contribution < -0.4 is 5.32 Å². The predicted molar refractivity (Wildman–Crippen MR) is 101 cm³/mol. The van der Waals surface area contributed by atoms with Crippen molar-refractivity contribution in [2.75, 3.05) is 5.32 Å². The van der Waals surface area contributed by atoms with Crippen LogP contribution in [0.4, 0.5) is 5.13 Å². The Hall–Kier alpha value is -1.10. The third-order valence-electron chi connectivity index (χ3n) is 4.43. The van der Waals surface area contributed by atoms with E-state index in [1.54, 1.807) is 12.3 Å². The molecule has 1 fully saturated rings. The molecule has 24 heavy (non-hydrogen) atoms. The summed E-state index contributed by atoms with van der Waals surface area (Å²) in [5.41, 5.74) is 1.00. The molecule has 1 amide bonds. The average Bonchev–Trinajstić information content (AvgIpc) is 3.20. The lowest BCUT2D eigenvalue weighted by Gasteiger charge is -2.07. The number of nitrogens with zero attached hydrogens (tertiary/aromatic N) is 1. The molecule has 0 spiro atoms. The summed E-state index contributed by atoms with van der Waals surface area (Å²) in [6.45, 7) is 0. The largest absolute Gasteiger partial charge is 0.302 e. The van der Waals surface area contributed by atoms with Crippen molar-refractivity contribution in [2.45, 2.75) is 44.9 Å². The molecule has 0 aliphatic heterocycles. The zero-order chi connectivity index (χ0) is 16.9. The van der Waals surface area contributed by atoms with Gasteiger partial charge in [-0.05, 0) is 30.0 Å². The minimum atomic E-state index is 0.0623. The van der Waals surface area contributed by atoms with E-state index in [0.29, 0.717) is 28.0 Å². The molecular weight excluding hydrogens is 363 g/mol. The number of anilines is 1. The van der Waals surface area contributed by atoms with Crippen LogP contribution in [0.25, 0.3) is 0 Å². The number of hydrogen-bond acceptors (Lipinski definition) is 3. The summed E-state index contributed by atoms with van der Waals surface area (Å²) in [5, 5.41) is 4.85. The van der Waals surface area contributed by atoms with Gasteiger partial charge in [-0.15, -0.1) is 11.3 Å². The fourth-order valence-corrected chi connectivity index (χ4v) is 4.44. The maximum absolute atomic E-state index is 12.0. The number of halogens is 2. The van der Waals surface area contributed by atoms with Gasteiger partial charge in [0.25, 0.3) is 0 Å². The molecule has 0 bridgehead atoms. The van der Waals surface area contributed by atoms with Crippen LogP contribution in [0.15, 0.2) is 24.4 Å². The van der Waals surface area contributed by atoms with Crippen LogP contribution in [-0.4, -0.2) is 10.9 Å².